The third-order valence-corrected chi connectivity index (χ3v) is 4.36. The molecule has 1 aromatic carbocycles. The molecular formula is C13H16O3S. The first-order valence-electron chi connectivity index (χ1n) is 5.75. The van der Waals surface area contributed by atoms with Gasteiger partial charge in [-0.05, 0) is 25.3 Å². The summed E-state index contributed by atoms with van der Waals surface area (Å²) >= 11 is 0. The highest BCUT2D eigenvalue weighted by atomic mass is 32.2. The van der Waals surface area contributed by atoms with Crippen molar-refractivity contribution in [2.45, 2.75) is 25.5 Å². The van der Waals surface area contributed by atoms with Crippen molar-refractivity contribution in [3.63, 3.8) is 0 Å². The van der Waals surface area contributed by atoms with E-state index in [1.807, 2.05) is 25.1 Å². The quantitative estimate of drug-likeness (QED) is 0.804. The highest BCUT2D eigenvalue weighted by Gasteiger charge is 2.32. The van der Waals surface area contributed by atoms with Gasteiger partial charge < -0.3 is 0 Å². The van der Waals surface area contributed by atoms with Gasteiger partial charge in [0.2, 0.25) is 0 Å². The van der Waals surface area contributed by atoms with Gasteiger partial charge in [-0.2, -0.15) is 0 Å². The van der Waals surface area contributed by atoms with Crippen LogP contribution in [0.5, 0.6) is 0 Å². The second-order valence-corrected chi connectivity index (χ2v) is 6.83. The van der Waals surface area contributed by atoms with Crippen molar-refractivity contribution < 1.29 is 13.2 Å². The van der Waals surface area contributed by atoms with Crippen LogP contribution in [0.4, 0.5) is 0 Å². The molecule has 0 spiro atoms. The summed E-state index contributed by atoms with van der Waals surface area (Å²) in [7, 11) is -3.31. The van der Waals surface area contributed by atoms with Crippen molar-refractivity contribution in [3.8, 4) is 0 Å². The summed E-state index contributed by atoms with van der Waals surface area (Å²) in [4.78, 5) is 11.5. The second-order valence-electron chi connectivity index (χ2n) is 4.76. The molecule has 1 aliphatic carbocycles. The highest BCUT2D eigenvalue weighted by molar-refractivity contribution is 7.91. The third-order valence-electron chi connectivity index (χ3n) is 2.86. The summed E-state index contributed by atoms with van der Waals surface area (Å²) in [6.45, 7) is 1.92. The van der Waals surface area contributed by atoms with Crippen LogP contribution in [0, 0.1) is 12.8 Å². The van der Waals surface area contributed by atoms with Crippen molar-refractivity contribution in [1.29, 1.82) is 0 Å². The molecule has 0 radical (unpaired) electrons. The van der Waals surface area contributed by atoms with E-state index in [1.165, 1.54) is 0 Å². The number of hydrogen-bond acceptors (Lipinski definition) is 3. The van der Waals surface area contributed by atoms with Crippen LogP contribution >= 0.6 is 0 Å². The van der Waals surface area contributed by atoms with Crippen LogP contribution in [0.2, 0.25) is 0 Å². The summed E-state index contributed by atoms with van der Waals surface area (Å²) in [5.74, 6) is -0.432. The molecule has 0 N–H and O–H groups in total. The van der Waals surface area contributed by atoms with Gasteiger partial charge in [-0.25, -0.2) is 8.42 Å². The fraction of sp³-hybridized carbons (Fsp3) is 0.462. The Morgan fingerprint density at radius 3 is 2.65 bits per heavy atom. The van der Waals surface area contributed by atoms with Crippen LogP contribution in [0.1, 0.15) is 24.0 Å². The minimum atomic E-state index is -3.31. The van der Waals surface area contributed by atoms with Gasteiger partial charge in [0, 0.05) is 5.92 Å². The van der Waals surface area contributed by atoms with E-state index < -0.39 is 9.84 Å². The molecule has 0 heterocycles. The summed E-state index contributed by atoms with van der Waals surface area (Å²) in [5, 5.41) is 0. The molecule has 2 rings (SSSR count). The van der Waals surface area contributed by atoms with Gasteiger partial charge in [0.05, 0.1) is 5.75 Å². The Kier molecular flexibility index (Phi) is 3.33. The van der Waals surface area contributed by atoms with Crippen molar-refractivity contribution in [3.05, 3.63) is 35.4 Å². The molecule has 1 aromatic rings. The fourth-order valence-electron chi connectivity index (χ4n) is 1.85. The molecule has 0 saturated heterocycles. The average Bonchev–Trinajstić information content (AvgIpc) is 2.98. The second kappa shape index (κ2) is 4.61. The van der Waals surface area contributed by atoms with Crippen molar-refractivity contribution in [2.75, 3.05) is 5.75 Å². The van der Waals surface area contributed by atoms with Crippen molar-refractivity contribution in [2.24, 2.45) is 5.92 Å². The Bertz CT molecular complexity index is 527. The molecular weight excluding hydrogens is 236 g/mol. The summed E-state index contributed by atoms with van der Waals surface area (Å²) in [6, 6.07) is 7.39. The van der Waals surface area contributed by atoms with E-state index in [0.29, 0.717) is 0 Å². The van der Waals surface area contributed by atoms with Crippen LogP contribution in [-0.4, -0.2) is 20.0 Å². The molecule has 17 heavy (non-hydrogen) atoms. The van der Waals surface area contributed by atoms with Gasteiger partial charge >= 0.3 is 0 Å². The first-order chi connectivity index (χ1) is 7.96. The molecule has 4 heteroatoms. The number of rotatable bonds is 5. The third kappa shape index (κ3) is 3.66. The van der Waals surface area contributed by atoms with Crippen LogP contribution in [0.25, 0.3) is 0 Å². The Morgan fingerprint density at radius 1 is 1.35 bits per heavy atom. The molecule has 92 valence electrons. The molecule has 0 bridgehead atoms. The molecule has 0 unspecified atom stereocenters. The van der Waals surface area contributed by atoms with E-state index in [0.717, 1.165) is 24.0 Å². The van der Waals surface area contributed by atoms with E-state index in [9.17, 15) is 13.2 Å². The predicted octanol–water partition coefficient (Wildman–Crippen LogP) is 1.89. The van der Waals surface area contributed by atoms with Gasteiger partial charge in [-0.15, -0.1) is 0 Å². The monoisotopic (exact) mass is 252 g/mol. The van der Waals surface area contributed by atoms with E-state index in [-0.39, 0.29) is 23.2 Å². The normalized spacial score (nSPS) is 15.8. The van der Waals surface area contributed by atoms with Crippen LogP contribution in [-0.2, 0) is 20.4 Å². The standard InChI is InChI=1S/C13H16O3S/c1-10-3-2-4-11(7-10)8-17(15,16)9-13(14)12-5-6-12/h2-4,7,12H,5-6,8-9H2,1H3. The Morgan fingerprint density at radius 2 is 2.06 bits per heavy atom. The molecule has 0 aromatic heterocycles. The van der Waals surface area contributed by atoms with Gasteiger partial charge in [0.1, 0.15) is 5.75 Å². The number of aryl methyl sites for hydroxylation is 1. The van der Waals surface area contributed by atoms with Crippen LogP contribution in [0.15, 0.2) is 24.3 Å². The van der Waals surface area contributed by atoms with Crippen molar-refractivity contribution in [1.82, 2.24) is 0 Å². The number of carbonyl (C=O) groups excluding carboxylic acids is 1. The topological polar surface area (TPSA) is 51.2 Å². The lowest BCUT2D eigenvalue weighted by Gasteiger charge is -2.04. The summed E-state index contributed by atoms with van der Waals surface area (Å²) in [6.07, 6.45) is 1.72. The molecule has 0 atom stereocenters. The fourth-order valence-corrected chi connectivity index (χ4v) is 3.31. The maximum absolute atomic E-state index is 11.8. The SMILES string of the molecule is Cc1cccc(CS(=O)(=O)CC(=O)C2CC2)c1. The lowest BCUT2D eigenvalue weighted by molar-refractivity contribution is -0.117. The van der Waals surface area contributed by atoms with Gasteiger partial charge in [-0.3, -0.25) is 4.79 Å². The van der Waals surface area contributed by atoms with Gasteiger partial charge in [0.25, 0.3) is 0 Å². The zero-order valence-electron chi connectivity index (χ0n) is 9.85. The maximum atomic E-state index is 11.8. The minimum Gasteiger partial charge on any atom is -0.298 e. The zero-order valence-corrected chi connectivity index (χ0v) is 10.7. The Hall–Kier alpha value is -1.16. The van der Waals surface area contributed by atoms with Crippen LogP contribution < -0.4 is 0 Å². The smallest absolute Gasteiger partial charge is 0.161 e. The van der Waals surface area contributed by atoms with Crippen LogP contribution in [0.3, 0.4) is 0 Å². The number of Topliss-reactive ketones (excluding diaryl/α,β-unsaturated/α-hetero) is 1. The van der Waals surface area contributed by atoms with Gasteiger partial charge in [-0.1, -0.05) is 29.8 Å². The minimum absolute atomic E-state index is 0.0160. The Balaban J connectivity index is 2.03. The van der Waals surface area contributed by atoms with E-state index in [2.05, 4.69) is 0 Å². The molecule has 3 nitrogen and oxygen atoms in total. The lowest BCUT2D eigenvalue weighted by Crippen LogP contribution is -2.19. The maximum Gasteiger partial charge on any atom is 0.161 e. The van der Waals surface area contributed by atoms with Gasteiger partial charge in [0.15, 0.2) is 15.6 Å². The summed E-state index contributed by atoms with van der Waals surface area (Å²) in [5.41, 5.74) is 1.79. The molecule has 1 fully saturated rings. The average molecular weight is 252 g/mol. The van der Waals surface area contributed by atoms with E-state index in [4.69, 9.17) is 0 Å². The first-order valence-corrected chi connectivity index (χ1v) is 7.57. The number of hydrogen-bond donors (Lipinski definition) is 0. The van der Waals surface area contributed by atoms with E-state index in [1.54, 1.807) is 6.07 Å². The Labute approximate surface area is 102 Å². The predicted molar refractivity (Wildman–Crippen MR) is 66.4 cm³/mol. The molecule has 0 aliphatic heterocycles. The number of carbonyl (C=O) groups is 1. The number of benzene rings is 1. The largest absolute Gasteiger partial charge is 0.298 e. The number of sulfone groups is 1. The highest BCUT2D eigenvalue weighted by Crippen LogP contribution is 2.30. The lowest BCUT2D eigenvalue weighted by atomic mass is 10.2. The first kappa shape index (κ1) is 12.3. The summed E-state index contributed by atoms with van der Waals surface area (Å²) < 4.78 is 23.7. The molecule has 1 aliphatic rings. The molecule has 1 saturated carbocycles. The number of ketones is 1. The molecule has 0 amide bonds. The van der Waals surface area contributed by atoms with Crippen molar-refractivity contribution >= 4 is 15.6 Å². The zero-order chi connectivity index (χ0) is 12.5. The van der Waals surface area contributed by atoms with E-state index >= 15 is 0 Å².